The first-order valence-corrected chi connectivity index (χ1v) is 8.34. The van der Waals surface area contributed by atoms with Crippen molar-refractivity contribution in [2.75, 3.05) is 38.2 Å². The van der Waals surface area contributed by atoms with Gasteiger partial charge < -0.3 is 19.7 Å². The first-order valence-electron chi connectivity index (χ1n) is 8.34. The van der Waals surface area contributed by atoms with Gasteiger partial charge in [-0.3, -0.25) is 4.90 Å². The van der Waals surface area contributed by atoms with Gasteiger partial charge in [-0.2, -0.15) is 0 Å². The summed E-state index contributed by atoms with van der Waals surface area (Å²) in [4.78, 5) is 14.1. The van der Waals surface area contributed by atoms with Gasteiger partial charge in [0.05, 0.1) is 13.2 Å². The summed E-state index contributed by atoms with van der Waals surface area (Å²) >= 11 is 0. The van der Waals surface area contributed by atoms with E-state index in [9.17, 15) is 9.90 Å². The molecule has 1 fully saturated rings. The van der Waals surface area contributed by atoms with Gasteiger partial charge in [0.1, 0.15) is 0 Å². The van der Waals surface area contributed by atoms with Gasteiger partial charge in [-0.1, -0.05) is 35.5 Å². The summed E-state index contributed by atoms with van der Waals surface area (Å²) in [6.07, 6.45) is 0. The Kier molecular flexibility index (Phi) is 5.06. The second-order valence-corrected chi connectivity index (χ2v) is 6.67. The van der Waals surface area contributed by atoms with Gasteiger partial charge in [-0.15, -0.1) is 0 Å². The Morgan fingerprint density at radius 2 is 1.96 bits per heavy atom. The molecule has 0 unspecified atom stereocenters. The minimum Gasteiger partial charge on any atom is -0.477 e. The second-order valence-electron chi connectivity index (χ2n) is 6.67. The van der Waals surface area contributed by atoms with Crippen LogP contribution in [0.25, 0.3) is 11.3 Å². The van der Waals surface area contributed by atoms with Crippen molar-refractivity contribution in [3.8, 4) is 11.3 Å². The molecule has 0 atom stereocenters. The zero-order valence-electron chi connectivity index (χ0n) is 14.5. The highest BCUT2D eigenvalue weighted by Gasteiger charge is 2.30. The number of carbonyl (C=O) groups is 1. The molecule has 7 nitrogen and oxygen atoms in total. The molecule has 1 aromatic heterocycles. The standard InChI is InChI=1S/C18H23N3O4/c1-18(2,21-8-10-24-11-9-21)12-19-16-14(17(22)23)15(25-20-16)13-6-4-3-5-7-13/h3-7H,8-12H2,1-2H3,(H,19,20)(H,22,23). The maximum Gasteiger partial charge on any atom is 0.343 e. The van der Waals surface area contributed by atoms with Crippen molar-refractivity contribution in [3.05, 3.63) is 35.9 Å². The number of aromatic carboxylic acids is 1. The summed E-state index contributed by atoms with van der Waals surface area (Å²) in [5, 5.41) is 16.7. The van der Waals surface area contributed by atoms with Crippen molar-refractivity contribution in [2.45, 2.75) is 19.4 Å². The molecule has 1 aromatic carbocycles. The van der Waals surface area contributed by atoms with Crippen LogP contribution >= 0.6 is 0 Å². The fourth-order valence-corrected chi connectivity index (χ4v) is 2.98. The fourth-order valence-electron chi connectivity index (χ4n) is 2.98. The summed E-state index contributed by atoms with van der Waals surface area (Å²) in [5.41, 5.74) is 0.586. The van der Waals surface area contributed by atoms with Crippen molar-refractivity contribution in [1.29, 1.82) is 0 Å². The molecular weight excluding hydrogens is 322 g/mol. The molecule has 3 rings (SSSR count). The molecule has 0 bridgehead atoms. The minimum atomic E-state index is -1.06. The zero-order valence-corrected chi connectivity index (χ0v) is 14.5. The third-order valence-electron chi connectivity index (χ3n) is 4.50. The van der Waals surface area contributed by atoms with E-state index in [0.29, 0.717) is 25.3 Å². The van der Waals surface area contributed by atoms with E-state index in [2.05, 4.69) is 29.2 Å². The molecule has 1 aliphatic heterocycles. The van der Waals surface area contributed by atoms with Gasteiger partial charge in [-0.05, 0) is 13.8 Å². The molecule has 25 heavy (non-hydrogen) atoms. The summed E-state index contributed by atoms with van der Waals surface area (Å²) in [6, 6.07) is 9.13. The number of nitrogens with zero attached hydrogens (tertiary/aromatic N) is 2. The minimum absolute atomic E-state index is 0.0592. The summed E-state index contributed by atoms with van der Waals surface area (Å²) < 4.78 is 10.7. The highest BCUT2D eigenvalue weighted by molar-refractivity contribution is 5.99. The van der Waals surface area contributed by atoms with E-state index in [1.54, 1.807) is 12.1 Å². The van der Waals surface area contributed by atoms with E-state index in [1.165, 1.54) is 0 Å². The number of rotatable bonds is 6. The van der Waals surface area contributed by atoms with Crippen molar-refractivity contribution in [2.24, 2.45) is 0 Å². The van der Waals surface area contributed by atoms with Crippen LogP contribution in [-0.2, 0) is 4.74 Å². The predicted octanol–water partition coefficient (Wildman–Crippen LogP) is 2.56. The zero-order chi connectivity index (χ0) is 17.9. The van der Waals surface area contributed by atoms with E-state index in [-0.39, 0.29) is 22.7 Å². The number of benzene rings is 1. The Morgan fingerprint density at radius 3 is 2.60 bits per heavy atom. The Morgan fingerprint density at radius 1 is 1.28 bits per heavy atom. The maximum absolute atomic E-state index is 11.7. The summed E-state index contributed by atoms with van der Waals surface area (Å²) in [6.45, 7) is 7.92. The first-order chi connectivity index (χ1) is 12.0. The number of hydrogen-bond donors (Lipinski definition) is 2. The van der Waals surface area contributed by atoms with E-state index >= 15 is 0 Å². The molecule has 0 amide bonds. The number of ether oxygens (including phenoxy) is 1. The van der Waals surface area contributed by atoms with Crippen LogP contribution in [0.2, 0.25) is 0 Å². The molecule has 7 heteroatoms. The Bertz CT molecular complexity index is 721. The molecule has 134 valence electrons. The van der Waals surface area contributed by atoms with Crippen LogP contribution in [0, 0.1) is 0 Å². The monoisotopic (exact) mass is 345 g/mol. The van der Waals surface area contributed by atoms with Gasteiger partial charge in [-0.25, -0.2) is 4.79 Å². The topological polar surface area (TPSA) is 87.8 Å². The van der Waals surface area contributed by atoms with E-state index in [0.717, 1.165) is 13.1 Å². The molecule has 2 N–H and O–H groups in total. The average Bonchev–Trinajstić information content (AvgIpc) is 3.06. The van der Waals surface area contributed by atoms with Crippen LogP contribution in [0.4, 0.5) is 5.82 Å². The van der Waals surface area contributed by atoms with E-state index in [1.807, 2.05) is 18.2 Å². The van der Waals surface area contributed by atoms with Crippen LogP contribution in [0.15, 0.2) is 34.9 Å². The average molecular weight is 345 g/mol. The molecule has 0 aliphatic carbocycles. The Balaban J connectivity index is 1.78. The van der Waals surface area contributed by atoms with Gasteiger partial charge in [0.25, 0.3) is 0 Å². The molecule has 0 spiro atoms. The lowest BCUT2D eigenvalue weighted by Gasteiger charge is -2.40. The highest BCUT2D eigenvalue weighted by Crippen LogP contribution is 2.29. The molecule has 2 heterocycles. The van der Waals surface area contributed by atoms with Gasteiger partial charge in [0.2, 0.25) is 0 Å². The third kappa shape index (κ3) is 3.83. The van der Waals surface area contributed by atoms with Crippen LogP contribution in [0.3, 0.4) is 0 Å². The lowest BCUT2D eigenvalue weighted by atomic mass is 10.0. The van der Waals surface area contributed by atoms with Crippen LogP contribution in [0.5, 0.6) is 0 Å². The summed E-state index contributed by atoms with van der Waals surface area (Å²) in [5.74, 6) is -0.542. The molecule has 1 saturated heterocycles. The summed E-state index contributed by atoms with van der Waals surface area (Å²) in [7, 11) is 0. The van der Waals surface area contributed by atoms with Gasteiger partial charge in [0.15, 0.2) is 17.1 Å². The largest absolute Gasteiger partial charge is 0.477 e. The molecule has 1 aliphatic rings. The van der Waals surface area contributed by atoms with Crippen molar-refractivity contribution >= 4 is 11.8 Å². The van der Waals surface area contributed by atoms with Crippen LogP contribution < -0.4 is 5.32 Å². The fraction of sp³-hybridized carbons (Fsp3) is 0.444. The predicted molar refractivity (Wildman–Crippen MR) is 93.9 cm³/mol. The van der Waals surface area contributed by atoms with E-state index < -0.39 is 5.97 Å². The number of carboxylic acids is 1. The number of hydrogen-bond acceptors (Lipinski definition) is 6. The lowest BCUT2D eigenvalue weighted by molar-refractivity contribution is -0.00572. The van der Waals surface area contributed by atoms with Gasteiger partial charge >= 0.3 is 5.97 Å². The lowest BCUT2D eigenvalue weighted by Crippen LogP contribution is -2.53. The van der Waals surface area contributed by atoms with Crippen molar-refractivity contribution < 1.29 is 19.2 Å². The number of morpholine rings is 1. The second kappa shape index (κ2) is 7.25. The number of aromatic nitrogens is 1. The molecule has 0 saturated carbocycles. The first kappa shape index (κ1) is 17.4. The number of nitrogens with one attached hydrogen (secondary N) is 1. The SMILES string of the molecule is CC(C)(CNc1noc(-c2ccccc2)c1C(=O)O)N1CCOCC1. The number of carboxylic acid groups (broad SMARTS) is 1. The third-order valence-corrected chi connectivity index (χ3v) is 4.50. The smallest absolute Gasteiger partial charge is 0.343 e. The Hall–Kier alpha value is -2.38. The van der Waals surface area contributed by atoms with Crippen LogP contribution in [-0.4, -0.2) is 59.5 Å². The van der Waals surface area contributed by atoms with Crippen molar-refractivity contribution in [3.63, 3.8) is 0 Å². The van der Waals surface area contributed by atoms with Crippen molar-refractivity contribution in [1.82, 2.24) is 10.1 Å². The Labute approximate surface area is 146 Å². The van der Waals surface area contributed by atoms with E-state index in [4.69, 9.17) is 9.26 Å². The number of anilines is 1. The molecule has 2 aromatic rings. The quantitative estimate of drug-likeness (QED) is 0.832. The highest BCUT2D eigenvalue weighted by atomic mass is 16.5. The molecule has 0 radical (unpaired) electrons. The normalized spacial score (nSPS) is 15.9. The van der Waals surface area contributed by atoms with Gasteiger partial charge in [0, 0.05) is 30.7 Å². The van der Waals surface area contributed by atoms with Crippen LogP contribution in [0.1, 0.15) is 24.2 Å². The molecular formula is C18H23N3O4. The maximum atomic E-state index is 11.7.